The molecule has 2 aliphatic rings. The van der Waals surface area contributed by atoms with Gasteiger partial charge < -0.3 is 10.2 Å². The Balaban J connectivity index is 1.80. The van der Waals surface area contributed by atoms with E-state index in [1.54, 1.807) is 0 Å². The minimum Gasteiger partial charge on any atom is -0.339 e. The fourth-order valence-corrected chi connectivity index (χ4v) is 3.07. The summed E-state index contributed by atoms with van der Waals surface area (Å²) in [7, 11) is 0. The van der Waals surface area contributed by atoms with E-state index in [0.29, 0.717) is 11.9 Å². The maximum Gasteiger partial charge on any atom is 0.233 e. The number of benzene rings is 1. The van der Waals surface area contributed by atoms with E-state index in [1.165, 1.54) is 0 Å². The van der Waals surface area contributed by atoms with Gasteiger partial charge in [0.05, 0.1) is 5.41 Å². The third-order valence-electron chi connectivity index (χ3n) is 4.21. The topological polar surface area (TPSA) is 32.3 Å². The second-order valence-corrected chi connectivity index (χ2v) is 6.13. The van der Waals surface area contributed by atoms with Gasteiger partial charge in [0.2, 0.25) is 5.91 Å². The Kier molecular flexibility index (Phi) is 3.27. The van der Waals surface area contributed by atoms with Gasteiger partial charge in [0.1, 0.15) is 0 Å². The predicted octanol–water partition coefficient (Wildman–Crippen LogP) is 2.19. The van der Waals surface area contributed by atoms with E-state index in [-0.39, 0.29) is 5.41 Å². The summed E-state index contributed by atoms with van der Waals surface area (Å²) in [6.45, 7) is 4.65. The van der Waals surface area contributed by atoms with Crippen molar-refractivity contribution in [2.45, 2.75) is 31.2 Å². The summed E-state index contributed by atoms with van der Waals surface area (Å²) in [5.74, 6) is 0.295. The normalized spacial score (nSPS) is 25.2. The zero-order valence-corrected chi connectivity index (χ0v) is 11.9. The summed E-state index contributed by atoms with van der Waals surface area (Å²) >= 11 is 5.93. The fraction of sp³-hybridized carbons (Fsp3) is 0.533. The summed E-state index contributed by atoms with van der Waals surface area (Å²) < 4.78 is 0. The third-order valence-corrected chi connectivity index (χ3v) is 4.46. The number of carbonyl (C=O) groups excluding carboxylic acids is 1. The Morgan fingerprint density at radius 3 is 2.63 bits per heavy atom. The third kappa shape index (κ3) is 2.37. The van der Waals surface area contributed by atoms with Crippen LogP contribution in [0.5, 0.6) is 0 Å². The van der Waals surface area contributed by atoms with Crippen LogP contribution in [0.2, 0.25) is 5.02 Å². The zero-order valence-electron chi connectivity index (χ0n) is 11.2. The van der Waals surface area contributed by atoms with E-state index in [0.717, 1.165) is 43.1 Å². The lowest BCUT2D eigenvalue weighted by atomic mass is 9.94. The molecule has 4 heteroatoms. The molecule has 3 rings (SSSR count). The monoisotopic (exact) mass is 278 g/mol. The van der Waals surface area contributed by atoms with Gasteiger partial charge in [-0.1, -0.05) is 23.7 Å². The maximum absolute atomic E-state index is 12.8. The molecule has 0 aromatic heterocycles. The van der Waals surface area contributed by atoms with Gasteiger partial charge in [-0.3, -0.25) is 4.79 Å². The molecule has 1 saturated heterocycles. The molecule has 1 amide bonds. The number of rotatable bonds is 2. The molecule has 1 aromatic carbocycles. The number of piperazine rings is 1. The van der Waals surface area contributed by atoms with Crippen LogP contribution in [0.15, 0.2) is 24.3 Å². The van der Waals surface area contributed by atoms with Crippen molar-refractivity contribution in [1.82, 2.24) is 10.2 Å². The molecule has 1 aliphatic heterocycles. The quantitative estimate of drug-likeness (QED) is 0.899. The number of nitrogens with zero attached hydrogens (tertiary/aromatic N) is 1. The Bertz CT molecular complexity index is 481. The Hall–Kier alpha value is -1.06. The van der Waals surface area contributed by atoms with Gasteiger partial charge in [0, 0.05) is 30.7 Å². The van der Waals surface area contributed by atoms with Gasteiger partial charge in [-0.15, -0.1) is 0 Å². The van der Waals surface area contributed by atoms with Gasteiger partial charge in [0.15, 0.2) is 0 Å². The molecule has 0 bridgehead atoms. The lowest BCUT2D eigenvalue weighted by Gasteiger charge is -2.34. The summed E-state index contributed by atoms with van der Waals surface area (Å²) in [6.07, 6.45) is 1.93. The van der Waals surface area contributed by atoms with E-state index in [4.69, 9.17) is 11.6 Å². The van der Waals surface area contributed by atoms with Crippen LogP contribution in [-0.4, -0.2) is 36.5 Å². The number of hydrogen-bond donors (Lipinski definition) is 1. The van der Waals surface area contributed by atoms with Crippen LogP contribution in [0, 0.1) is 0 Å². The van der Waals surface area contributed by atoms with Crippen molar-refractivity contribution in [3.05, 3.63) is 34.9 Å². The van der Waals surface area contributed by atoms with E-state index >= 15 is 0 Å². The van der Waals surface area contributed by atoms with Crippen molar-refractivity contribution in [3.63, 3.8) is 0 Å². The molecule has 0 spiro atoms. The molecule has 19 heavy (non-hydrogen) atoms. The molecule has 1 aliphatic carbocycles. The van der Waals surface area contributed by atoms with Crippen molar-refractivity contribution in [1.29, 1.82) is 0 Å². The SMILES string of the molecule is CC1CN(C(=O)C2(c3ccc(Cl)cc3)CC2)CCN1. The average molecular weight is 279 g/mol. The van der Waals surface area contributed by atoms with Gasteiger partial charge in [-0.25, -0.2) is 0 Å². The number of carbonyl (C=O) groups is 1. The van der Waals surface area contributed by atoms with Crippen LogP contribution in [0.25, 0.3) is 0 Å². The highest BCUT2D eigenvalue weighted by Crippen LogP contribution is 2.49. The Morgan fingerprint density at radius 2 is 2.05 bits per heavy atom. The first-order valence-corrected chi connectivity index (χ1v) is 7.28. The fourth-order valence-electron chi connectivity index (χ4n) is 2.94. The van der Waals surface area contributed by atoms with Crippen LogP contribution in [0.4, 0.5) is 0 Å². The molecular formula is C15H19ClN2O. The first-order valence-electron chi connectivity index (χ1n) is 6.91. The smallest absolute Gasteiger partial charge is 0.233 e. The maximum atomic E-state index is 12.8. The molecule has 2 fully saturated rings. The predicted molar refractivity (Wildman–Crippen MR) is 76.4 cm³/mol. The molecule has 3 nitrogen and oxygen atoms in total. The van der Waals surface area contributed by atoms with Crippen molar-refractivity contribution in [2.24, 2.45) is 0 Å². The number of amides is 1. The highest BCUT2D eigenvalue weighted by molar-refractivity contribution is 6.30. The molecule has 1 atom stereocenters. The van der Waals surface area contributed by atoms with Crippen molar-refractivity contribution >= 4 is 17.5 Å². The minimum atomic E-state index is -0.262. The molecule has 1 heterocycles. The second kappa shape index (κ2) is 4.80. The van der Waals surface area contributed by atoms with E-state index < -0.39 is 0 Å². The van der Waals surface area contributed by atoms with Crippen LogP contribution < -0.4 is 5.32 Å². The van der Waals surface area contributed by atoms with Gasteiger partial charge in [-0.2, -0.15) is 0 Å². The summed E-state index contributed by atoms with van der Waals surface area (Å²) in [5.41, 5.74) is 0.856. The lowest BCUT2D eigenvalue weighted by molar-refractivity contribution is -0.135. The van der Waals surface area contributed by atoms with E-state index in [2.05, 4.69) is 12.2 Å². The van der Waals surface area contributed by atoms with Crippen LogP contribution in [-0.2, 0) is 10.2 Å². The zero-order chi connectivity index (χ0) is 13.5. The van der Waals surface area contributed by atoms with E-state index in [1.807, 2.05) is 29.2 Å². The van der Waals surface area contributed by atoms with Crippen LogP contribution >= 0.6 is 11.6 Å². The molecule has 0 radical (unpaired) electrons. The molecule has 1 N–H and O–H groups in total. The highest BCUT2D eigenvalue weighted by Gasteiger charge is 2.53. The second-order valence-electron chi connectivity index (χ2n) is 5.70. The van der Waals surface area contributed by atoms with Gasteiger partial charge in [0.25, 0.3) is 0 Å². The molecule has 1 aromatic rings. The van der Waals surface area contributed by atoms with Crippen molar-refractivity contribution in [3.8, 4) is 0 Å². The van der Waals surface area contributed by atoms with Gasteiger partial charge >= 0.3 is 0 Å². The molecule has 1 saturated carbocycles. The van der Waals surface area contributed by atoms with Crippen molar-refractivity contribution in [2.75, 3.05) is 19.6 Å². The Morgan fingerprint density at radius 1 is 1.37 bits per heavy atom. The van der Waals surface area contributed by atoms with E-state index in [9.17, 15) is 4.79 Å². The van der Waals surface area contributed by atoms with Crippen LogP contribution in [0.3, 0.4) is 0 Å². The largest absolute Gasteiger partial charge is 0.339 e. The molecular weight excluding hydrogens is 260 g/mol. The van der Waals surface area contributed by atoms with Crippen molar-refractivity contribution < 1.29 is 4.79 Å². The average Bonchev–Trinajstić information content (AvgIpc) is 3.20. The summed E-state index contributed by atoms with van der Waals surface area (Å²) in [4.78, 5) is 14.8. The Labute approximate surface area is 118 Å². The number of nitrogens with one attached hydrogen (secondary N) is 1. The number of halogens is 1. The van der Waals surface area contributed by atoms with Gasteiger partial charge in [-0.05, 0) is 37.5 Å². The highest BCUT2D eigenvalue weighted by atomic mass is 35.5. The minimum absolute atomic E-state index is 0.262. The van der Waals surface area contributed by atoms with Crippen LogP contribution in [0.1, 0.15) is 25.3 Å². The number of hydrogen-bond acceptors (Lipinski definition) is 2. The molecule has 102 valence electrons. The standard InChI is InChI=1S/C15H19ClN2O/c1-11-10-18(9-8-17-11)14(19)15(6-7-15)12-2-4-13(16)5-3-12/h2-5,11,17H,6-10H2,1H3. The lowest BCUT2D eigenvalue weighted by Crippen LogP contribution is -2.53. The summed E-state index contributed by atoms with van der Waals surface area (Å²) in [6, 6.07) is 8.14. The summed E-state index contributed by atoms with van der Waals surface area (Å²) in [5, 5.41) is 4.10. The first kappa shape index (κ1) is 12.9. The first-order chi connectivity index (χ1) is 9.12. The molecule has 1 unspecified atom stereocenters.